The fourth-order valence-electron chi connectivity index (χ4n) is 2.23. The molecule has 0 aliphatic rings. The molecule has 4 nitrogen and oxygen atoms in total. The molecule has 0 saturated carbocycles. The van der Waals surface area contributed by atoms with Crippen molar-refractivity contribution in [1.82, 2.24) is 10.3 Å². The number of rotatable bonds is 5. The summed E-state index contributed by atoms with van der Waals surface area (Å²) in [6, 6.07) is 8.36. The number of nitrogens with zero attached hydrogens (tertiary/aromatic N) is 1. The second-order valence-electron chi connectivity index (χ2n) is 4.74. The number of nitrogens with one attached hydrogen (secondary N) is 1. The van der Waals surface area contributed by atoms with E-state index in [0.29, 0.717) is 0 Å². The summed E-state index contributed by atoms with van der Waals surface area (Å²) in [7, 11) is 0. The zero-order chi connectivity index (χ0) is 14.7. The Kier molecular flexibility index (Phi) is 4.52. The largest absolute Gasteiger partial charge is 0.480 e. The molecule has 2 aromatic rings. The maximum atomic E-state index is 11.5. The van der Waals surface area contributed by atoms with Crippen molar-refractivity contribution in [3.63, 3.8) is 0 Å². The topological polar surface area (TPSA) is 62.2 Å². The second-order valence-corrected chi connectivity index (χ2v) is 6.15. The summed E-state index contributed by atoms with van der Waals surface area (Å²) in [5.74, 6) is -0.882. The Hall–Kier alpha value is -1.72. The van der Waals surface area contributed by atoms with Crippen molar-refractivity contribution < 1.29 is 9.90 Å². The van der Waals surface area contributed by atoms with E-state index in [1.165, 1.54) is 0 Å². The molecule has 2 rings (SSSR count). The average molecular weight is 290 g/mol. The third-order valence-corrected chi connectivity index (χ3v) is 4.05. The molecule has 5 heteroatoms. The summed E-state index contributed by atoms with van der Waals surface area (Å²) in [5.41, 5.74) is 1.67. The van der Waals surface area contributed by atoms with Gasteiger partial charge in [-0.3, -0.25) is 10.1 Å². The molecule has 0 aliphatic carbocycles. The van der Waals surface area contributed by atoms with Crippen molar-refractivity contribution in [2.75, 3.05) is 0 Å². The van der Waals surface area contributed by atoms with Gasteiger partial charge in [-0.15, -0.1) is 11.3 Å². The Balaban J connectivity index is 2.21. The highest BCUT2D eigenvalue weighted by molar-refractivity contribution is 7.11. The van der Waals surface area contributed by atoms with E-state index in [0.717, 1.165) is 21.1 Å². The number of aliphatic carboxylic acids is 1. The van der Waals surface area contributed by atoms with Crippen LogP contribution in [0.5, 0.6) is 0 Å². The maximum Gasteiger partial charge on any atom is 0.325 e. The molecule has 106 valence electrons. The van der Waals surface area contributed by atoms with Crippen LogP contribution in [0.15, 0.2) is 30.3 Å². The van der Waals surface area contributed by atoms with Gasteiger partial charge in [0, 0.05) is 10.9 Å². The van der Waals surface area contributed by atoms with Crippen molar-refractivity contribution >= 4 is 17.3 Å². The third-order valence-electron chi connectivity index (χ3n) is 3.15. The Morgan fingerprint density at radius 2 is 1.95 bits per heavy atom. The van der Waals surface area contributed by atoms with E-state index in [1.807, 2.05) is 51.1 Å². The number of aromatic nitrogens is 1. The van der Waals surface area contributed by atoms with E-state index in [4.69, 9.17) is 0 Å². The van der Waals surface area contributed by atoms with E-state index in [9.17, 15) is 9.90 Å². The normalized spacial score (nSPS) is 13.9. The average Bonchev–Trinajstić information content (AvgIpc) is 2.75. The molecule has 1 heterocycles. The lowest BCUT2D eigenvalue weighted by molar-refractivity contribution is -0.139. The SMILES string of the molecule is Cc1nc(C(C)NC(C(=O)O)c2ccccc2)c(C)s1. The standard InChI is InChI=1S/C15H18N2O2S/c1-9(13-10(2)20-11(3)17-13)16-14(15(18)19)12-7-5-4-6-8-12/h4-9,14,16H,1-3H3,(H,18,19). The van der Waals surface area contributed by atoms with Gasteiger partial charge in [0.25, 0.3) is 0 Å². The van der Waals surface area contributed by atoms with Crippen LogP contribution in [0.1, 0.15) is 40.1 Å². The first kappa shape index (κ1) is 14.7. The summed E-state index contributed by atoms with van der Waals surface area (Å²) in [6.45, 7) is 5.91. The lowest BCUT2D eigenvalue weighted by atomic mass is 10.1. The van der Waals surface area contributed by atoms with E-state index in [-0.39, 0.29) is 6.04 Å². The summed E-state index contributed by atoms with van der Waals surface area (Å²) in [4.78, 5) is 17.1. The molecular weight excluding hydrogens is 272 g/mol. The molecular formula is C15H18N2O2S. The summed E-state index contributed by atoms with van der Waals surface area (Å²) < 4.78 is 0. The number of thiazole rings is 1. The van der Waals surface area contributed by atoms with Gasteiger partial charge in [0.2, 0.25) is 0 Å². The molecule has 2 N–H and O–H groups in total. The first-order valence-corrected chi connectivity index (χ1v) is 7.28. The van der Waals surface area contributed by atoms with Gasteiger partial charge in [0.15, 0.2) is 0 Å². The van der Waals surface area contributed by atoms with Crippen LogP contribution in [0, 0.1) is 13.8 Å². The quantitative estimate of drug-likeness (QED) is 0.887. The van der Waals surface area contributed by atoms with E-state index in [1.54, 1.807) is 11.3 Å². The van der Waals surface area contributed by atoms with Crippen molar-refractivity contribution in [3.8, 4) is 0 Å². The van der Waals surface area contributed by atoms with Crippen LogP contribution in [0.2, 0.25) is 0 Å². The molecule has 0 spiro atoms. The van der Waals surface area contributed by atoms with Gasteiger partial charge >= 0.3 is 5.97 Å². The van der Waals surface area contributed by atoms with Crippen LogP contribution in [0.25, 0.3) is 0 Å². The summed E-state index contributed by atoms with van der Waals surface area (Å²) in [5, 5.41) is 13.6. The fourth-order valence-corrected chi connectivity index (χ4v) is 3.15. The van der Waals surface area contributed by atoms with Crippen LogP contribution >= 0.6 is 11.3 Å². The molecule has 0 bridgehead atoms. The van der Waals surface area contributed by atoms with Gasteiger partial charge in [-0.1, -0.05) is 30.3 Å². The van der Waals surface area contributed by atoms with Gasteiger partial charge in [-0.2, -0.15) is 0 Å². The Morgan fingerprint density at radius 1 is 1.30 bits per heavy atom. The molecule has 0 saturated heterocycles. The van der Waals surface area contributed by atoms with Crippen molar-refractivity contribution in [3.05, 3.63) is 51.5 Å². The number of aryl methyl sites for hydroxylation is 2. The van der Waals surface area contributed by atoms with Gasteiger partial charge in [0.1, 0.15) is 6.04 Å². The minimum Gasteiger partial charge on any atom is -0.480 e. The lowest BCUT2D eigenvalue weighted by Gasteiger charge is -2.20. The molecule has 2 atom stereocenters. The van der Waals surface area contributed by atoms with Crippen LogP contribution in [-0.2, 0) is 4.79 Å². The zero-order valence-corrected chi connectivity index (χ0v) is 12.6. The smallest absolute Gasteiger partial charge is 0.325 e. The molecule has 0 fully saturated rings. The van der Waals surface area contributed by atoms with E-state index < -0.39 is 12.0 Å². The van der Waals surface area contributed by atoms with E-state index in [2.05, 4.69) is 10.3 Å². The molecule has 2 unspecified atom stereocenters. The van der Waals surface area contributed by atoms with Crippen LogP contribution in [0.4, 0.5) is 0 Å². The van der Waals surface area contributed by atoms with Gasteiger partial charge in [-0.25, -0.2) is 4.98 Å². The molecule has 0 aliphatic heterocycles. The molecule has 1 aromatic carbocycles. The Bertz CT molecular complexity index is 595. The second kappa shape index (κ2) is 6.15. The molecule has 1 aromatic heterocycles. The monoisotopic (exact) mass is 290 g/mol. The number of hydrogen-bond donors (Lipinski definition) is 2. The highest BCUT2D eigenvalue weighted by Gasteiger charge is 2.23. The van der Waals surface area contributed by atoms with Crippen molar-refractivity contribution in [1.29, 1.82) is 0 Å². The number of benzene rings is 1. The first-order valence-electron chi connectivity index (χ1n) is 6.46. The zero-order valence-electron chi connectivity index (χ0n) is 11.8. The number of carboxylic acid groups (broad SMARTS) is 1. The minimum atomic E-state index is -0.882. The fraction of sp³-hybridized carbons (Fsp3) is 0.333. The van der Waals surface area contributed by atoms with Crippen molar-refractivity contribution in [2.24, 2.45) is 0 Å². The predicted molar refractivity (Wildman–Crippen MR) is 80.0 cm³/mol. The summed E-state index contributed by atoms with van der Waals surface area (Å²) in [6.07, 6.45) is 0. The first-order chi connectivity index (χ1) is 9.49. The third kappa shape index (κ3) is 3.23. The highest BCUT2D eigenvalue weighted by Crippen LogP contribution is 2.25. The highest BCUT2D eigenvalue weighted by atomic mass is 32.1. The number of hydrogen-bond acceptors (Lipinski definition) is 4. The minimum absolute atomic E-state index is 0.110. The summed E-state index contributed by atoms with van der Waals surface area (Å²) >= 11 is 1.63. The number of carbonyl (C=O) groups is 1. The van der Waals surface area contributed by atoms with Crippen molar-refractivity contribution in [2.45, 2.75) is 32.9 Å². The molecule has 0 radical (unpaired) electrons. The Morgan fingerprint density at radius 3 is 2.45 bits per heavy atom. The number of carboxylic acids is 1. The van der Waals surface area contributed by atoms with Crippen LogP contribution < -0.4 is 5.32 Å². The van der Waals surface area contributed by atoms with Gasteiger partial charge in [-0.05, 0) is 26.3 Å². The Labute approximate surface area is 122 Å². The van der Waals surface area contributed by atoms with E-state index >= 15 is 0 Å². The van der Waals surface area contributed by atoms with Gasteiger partial charge < -0.3 is 5.11 Å². The predicted octanol–water partition coefficient (Wildman–Crippen LogP) is 3.24. The van der Waals surface area contributed by atoms with Crippen LogP contribution in [-0.4, -0.2) is 16.1 Å². The molecule has 20 heavy (non-hydrogen) atoms. The molecule has 0 amide bonds. The van der Waals surface area contributed by atoms with Gasteiger partial charge in [0.05, 0.1) is 10.7 Å². The maximum absolute atomic E-state index is 11.5. The lowest BCUT2D eigenvalue weighted by Crippen LogP contribution is -2.31. The van der Waals surface area contributed by atoms with Crippen LogP contribution in [0.3, 0.4) is 0 Å².